The van der Waals surface area contributed by atoms with Gasteiger partial charge >= 0.3 is 11.9 Å². The molecule has 2 aliphatic rings. The van der Waals surface area contributed by atoms with Crippen LogP contribution in [0.15, 0.2) is 11.3 Å². The number of fused-ring (bicyclic) bond motifs is 3. The Morgan fingerprint density at radius 1 is 1.00 bits per heavy atom. The monoisotopic (exact) mass is 478 g/mol. The van der Waals surface area contributed by atoms with E-state index in [1.54, 1.807) is 20.8 Å². The number of hydrogen-bond acceptors (Lipinski definition) is 10. The molecule has 5 N–H and O–H groups in total. The number of carbonyl (C=O) groups is 3. The Labute approximate surface area is 196 Å². The second kappa shape index (κ2) is 8.50. The van der Waals surface area contributed by atoms with E-state index in [9.17, 15) is 39.9 Å². The summed E-state index contributed by atoms with van der Waals surface area (Å²) in [5.74, 6) is -6.17. The average molecular weight is 478 g/mol. The number of allylic oxidation sites excluding steroid dienone is 2. The minimum Gasteiger partial charge on any atom is -0.507 e. The van der Waals surface area contributed by atoms with Gasteiger partial charge in [-0.05, 0) is 23.8 Å². The number of aromatic hydroxyl groups is 3. The molecule has 1 aromatic carbocycles. The van der Waals surface area contributed by atoms with Gasteiger partial charge in [0.2, 0.25) is 5.78 Å². The van der Waals surface area contributed by atoms with Gasteiger partial charge in [0.15, 0.2) is 17.3 Å². The summed E-state index contributed by atoms with van der Waals surface area (Å²) in [6, 6.07) is 0. The molecule has 1 saturated carbocycles. The molecule has 3 rings (SSSR count). The molecule has 0 unspecified atom stereocenters. The number of ether oxygens (including phenoxy) is 2. The van der Waals surface area contributed by atoms with E-state index in [0.29, 0.717) is 12.0 Å². The molecule has 3 atom stereocenters. The lowest BCUT2D eigenvalue weighted by Crippen LogP contribution is -2.49. The minimum atomic E-state index is -1.29. The van der Waals surface area contributed by atoms with Crippen LogP contribution in [-0.2, 0) is 24.5 Å². The zero-order valence-corrected chi connectivity index (χ0v) is 19.8. The van der Waals surface area contributed by atoms with Crippen molar-refractivity contribution >= 4 is 17.7 Å². The quantitative estimate of drug-likeness (QED) is 0.240. The van der Waals surface area contributed by atoms with Crippen LogP contribution >= 0.6 is 0 Å². The summed E-state index contributed by atoms with van der Waals surface area (Å²) in [6.45, 7) is 6.42. The van der Waals surface area contributed by atoms with Crippen molar-refractivity contribution in [1.29, 1.82) is 0 Å². The summed E-state index contributed by atoms with van der Waals surface area (Å²) in [5.41, 5.74) is -2.78. The van der Waals surface area contributed by atoms with Gasteiger partial charge in [-0.1, -0.05) is 20.8 Å². The number of aliphatic hydroxyl groups excluding tert-OH is 2. The molecular weight excluding hydrogens is 448 g/mol. The molecule has 1 aromatic rings. The van der Waals surface area contributed by atoms with E-state index in [1.165, 1.54) is 6.92 Å². The molecule has 0 aromatic heterocycles. The Morgan fingerprint density at radius 3 is 2.15 bits per heavy atom. The highest BCUT2D eigenvalue weighted by Crippen LogP contribution is 2.61. The Bertz CT molecular complexity index is 1100. The van der Waals surface area contributed by atoms with Crippen molar-refractivity contribution in [3.05, 3.63) is 28.0 Å². The third-order valence-electron chi connectivity index (χ3n) is 6.74. The number of aliphatic hydroxyl groups is 2. The van der Waals surface area contributed by atoms with Gasteiger partial charge in [-0.25, -0.2) is 0 Å². The van der Waals surface area contributed by atoms with E-state index in [0.717, 1.165) is 6.92 Å². The number of phenolic OH excluding ortho intramolecular Hbond substituents is 3. The van der Waals surface area contributed by atoms with Crippen LogP contribution in [0.25, 0.3) is 0 Å². The fourth-order valence-corrected chi connectivity index (χ4v) is 5.73. The molecule has 2 aliphatic carbocycles. The Hall–Kier alpha value is -3.27. The molecule has 34 heavy (non-hydrogen) atoms. The Balaban J connectivity index is 2.30. The van der Waals surface area contributed by atoms with Crippen molar-refractivity contribution in [3.8, 4) is 17.2 Å². The van der Waals surface area contributed by atoms with Crippen LogP contribution in [0.5, 0.6) is 17.2 Å². The number of esters is 2. The maximum Gasteiger partial charge on any atom is 0.302 e. The van der Waals surface area contributed by atoms with Crippen molar-refractivity contribution in [2.24, 2.45) is 5.41 Å². The summed E-state index contributed by atoms with van der Waals surface area (Å²) >= 11 is 0. The number of hydrogen-bond donors (Lipinski definition) is 5. The summed E-state index contributed by atoms with van der Waals surface area (Å²) in [7, 11) is 0. The molecule has 186 valence electrons. The van der Waals surface area contributed by atoms with E-state index >= 15 is 0 Å². The van der Waals surface area contributed by atoms with Gasteiger partial charge in [0.25, 0.3) is 0 Å². The zero-order chi connectivity index (χ0) is 25.7. The molecule has 0 radical (unpaired) electrons. The topological polar surface area (TPSA) is 171 Å². The van der Waals surface area contributed by atoms with Gasteiger partial charge in [-0.3, -0.25) is 14.4 Å². The highest BCUT2D eigenvalue weighted by molar-refractivity contribution is 6.13. The lowest BCUT2D eigenvalue weighted by atomic mass is 9.53. The highest BCUT2D eigenvalue weighted by atomic mass is 16.5. The molecule has 0 spiro atoms. The number of benzene rings is 1. The lowest BCUT2D eigenvalue weighted by Gasteiger charge is -2.51. The lowest BCUT2D eigenvalue weighted by molar-refractivity contribution is -0.149. The largest absolute Gasteiger partial charge is 0.507 e. The number of rotatable bonds is 5. The van der Waals surface area contributed by atoms with Crippen molar-refractivity contribution in [2.45, 2.75) is 64.9 Å². The first-order valence-electron chi connectivity index (χ1n) is 10.9. The number of Topliss-reactive ketones (excluding diaryl/α,β-unsaturated/α-hetero) is 1. The standard InChI is InChI=1S/C24H30O10/c1-10(26)33-9-12(8-25)14-17(28)15-16(20(31)18(14)29)24(5)7-13(34-11(2)27)6-23(3,4)22(24)21(32)19(15)30/h12-13,25,28-29,31-32H,6-9H2,1-5H3/t12-,13+,24-/m0/s1. The predicted molar refractivity (Wildman–Crippen MR) is 118 cm³/mol. The van der Waals surface area contributed by atoms with Crippen molar-refractivity contribution in [3.63, 3.8) is 0 Å². The Morgan fingerprint density at radius 2 is 1.62 bits per heavy atom. The van der Waals surface area contributed by atoms with Gasteiger partial charge in [-0.2, -0.15) is 0 Å². The zero-order valence-electron chi connectivity index (χ0n) is 19.8. The van der Waals surface area contributed by atoms with Gasteiger partial charge in [0.05, 0.1) is 12.2 Å². The SMILES string of the molecule is CC(=O)OC[C@H](CO)c1c(O)c(O)c2c(c1O)C(=O)C(O)=C1C(C)(C)C[C@@H](OC(C)=O)C[C@]12C. The molecule has 1 fully saturated rings. The fourth-order valence-electron chi connectivity index (χ4n) is 5.73. The van der Waals surface area contributed by atoms with Crippen LogP contribution in [0.2, 0.25) is 0 Å². The highest BCUT2D eigenvalue weighted by Gasteiger charge is 2.56. The molecule has 0 amide bonds. The normalized spacial score (nSPS) is 24.2. The number of phenols is 3. The summed E-state index contributed by atoms with van der Waals surface area (Å²) in [5, 5.41) is 53.8. The summed E-state index contributed by atoms with van der Waals surface area (Å²) in [4.78, 5) is 36.2. The van der Waals surface area contributed by atoms with E-state index in [2.05, 4.69) is 0 Å². The molecule has 0 bridgehead atoms. The maximum atomic E-state index is 13.3. The van der Waals surface area contributed by atoms with Crippen molar-refractivity contribution in [1.82, 2.24) is 0 Å². The number of carbonyl (C=O) groups excluding carboxylic acids is 3. The van der Waals surface area contributed by atoms with Gasteiger partial charge in [-0.15, -0.1) is 0 Å². The third kappa shape index (κ3) is 3.85. The van der Waals surface area contributed by atoms with E-state index in [-0.39, 0.29) is 17.5 Å². The molecule has 0 heterocycles. The van der Waals surface area contributed by atoms with Crippen LogP contribution < -0.4 is 0 Å². The second-order valence-electron chi connectivity index (χ2n) is 9.80. The van der Waals surface area contributed by atoms with Gasteiger partial charge in [0.1, 0.15) is 18.5 Å². The van der Waals surface area contributed by atoms with Crippen molar-refractivity contribution in [2.75, 3.05) is 13.2 Å². The molecule has 0 aliphatic heterocycles. The molecular formula is C24H30O10. The summed E-state index contributed by atoms with van der Waals surface area (Å²) in [6.07, 6.45) is -0.262. The van der Waals surface area contributed by atoms with Crippen LogP contribution in [-0.4, -0.2) is 62.6 Å². The van der Waals surface area contributed by atoms with E-state index < -0.39 is 82.4 Å². The predicted octanol–water partition coefficient (Wildman–Crippen LogP) is 2.46. The first kappa shape index (κ1) is 25.4. The van der Waals surface area contributed by atoms with Crippen LogP contribution in [0.1, 0.15) is 74.9 Å². The smallest absolute Gasteiger partial charge is 0.302 e. The second-order valence-corrected chi connectivity index (χ2v) is 9.80. The van der Waals surface area contributed by atoms with Gasteiger partial charge < -0.3 is 35.0 Å². The molecule has 10 nitrogen and oxygen atoms in total. The van der Waals surface area contributed by atoms with E-state index in [4.69, 9.17) is 9.47 Å². The molecule has 10 heteroatoms. The first-order chi connectivity index (χ1) is 15.7. The minimum absolute atomic E-state index is 0.0678. The van der Waals surface area contributed by atoms with Crippen molar-refractivity contribution < 1.29 is 49.4 Å². The first-order valence-corrected chi connectivity index (χ1v) is 10.9. The summed E-state index contributed by atoms with van der Waals surface area (Å²) < 4.78 is 10.3. The van der Waals surface area contributed by atoms with E-state index in [1.807, 2.05) is 0 Å². The molecule has 0 saturated heterocycles. The van der Waals surface area contributed by atoms with Gasteiger partial charge in [0, 0.05) is 36.3 Å². The van der Waals surface area contributed by atoms with Crippen LogP contribution in [0.4, 0.5) is 0 Å². The third-order valence-corrected chi connectivity index (χ3v) is 6.74. The average Bonchev–Trinajstić information content (AvgIpc) is 2.69. The van der Waals surface area contributed by atoms with Crippen LogP contribution in [0, 0.1) is 5.41 Å². The number of ketones is 1. The maximum absolute atomic E-state index is 13.3. The van der Waals surface area contributed by atoms with Crippen LogP contribution in [0.3, 0.4) is 0 Å². The Kier molecular flexibility index (Phi) is 6.34. The fraction of sp³-hybridized carbons (Fsp3) is 0.542.